The van der Waals surface area contributed by atoms with Crippen LogP contribution in [0, 0.1) is 5.41 Å². The van der Waals surface area contributed by atoms with Gasteiger partial charge in [0.1, 0.15) is 17.4 Å². The smallest absolute Gasteiger partial charge is 0.329 e. The quantitative estimate of drug-likeness (QED) is 0.226. The second-order valence-corrected chi connectivity index (χ2v) is 9.10. The molecule has 0 saturated carbocycles. The van der Waals surface area contributed by atoms with Crippen molar-refractivity contribution < 1.29 is 19.0 Å². The van der Waals surface area contributed by atoms with Gasteiger partial charge in [0.15, 0.2) is 0 Å². The minimum absolute atomic E-state index is 0.0615. The first-order valence-corrected chi connectivity index (χ1v) is 10.7. The highest BCUT2D eigenvalue weighted by Crippen LogP contribution is 2.35. The van der Waals surface area contributed by atoms with Gasteiger partial charge in [0, 0.05) is 17.3 Å². The Morgan fingerprint density at radius 2 is 1.93 bits per heavy atom. The predicted molar refractivity (Wildman–Crippen MR) is 118 cm³/mol. The Kier molecular flexibility index (Phi) is 9.47. The first-order chi connectivity index (χ1) is 13.5. The molecule has 0 aromatic carbocycles. The van der Waals surface area contributed by atoms with E-state index < -0.39 is 11.6 Å². The lowest BCUT2D eigenvalue weighted by Crippen LogP contribution is -2.49. The zero-order valence-electron chi connectivity index (χ0n) is 19.6. The van der Waals surface area contributed by atoms with Gasteiger partial charge >= 0.3 is 5.97 Å². The van der Waals surface area contributed by atoms with E-state index in [1.807, 2.05) is 38.8 Å². The molecule has 5 heteroatoms. The average molecular weight is 408 g/mol. The fourth-order valence-electron chi connectivity index (χ4n) is 3.14. The molecule has 0 N–H and O–H groups in total. The normalized spacial score (nSPS) is 17.1. The molecule has 0 aromatic heterocycles. The molecule has 1 saturated heterocycles. The Morgan fingerprint density at radius 3 is 2.34 bits per heavy atom. The number of rotatable bonds is 13. The van der Waals surface area contributed by atoms with E-state index in [0.717, 1.165) is 37.0 Å². The molecule has 1 fully saturated rings. The van der Waals surface area contributed by atoms with Crippen molar-refractivity contribution >= 4 is 5.97 Å². The summed E-state index contributed by atoms with van der Waals surface area (Å²) in [6, 6.07) is -0.503. The summed E-state index contributed by atoms with van der Waals surface area (Å²) in [5.74, 6) is 0.419. The van der Waals surface area contributed by atoms with Gasteiger partial charge in [0.25, 0.3) is 0 Å². The number of hydrogen-bond acceptors (Lipinski definition) is 5. The van der Waals surface area contributed by atoms with E-state index in [2.05, 4.69) is 27.0 Å². The van der Waals surface area contributed by atoms with Crippen LogP contribution in [0.3, 0.4) is 0 Å². The molecule has 0 amide bonds. The molecule has 1 aliphatic heterocycles. The minimum Gasteiger partial charge on any atom is -0.495 e. The van der Waals surface area contributed by atoms with Gasteiger partial charge in [0.2, 0.25) is 0 Å². The number of carbonyl (C=O) groups excluding carboxylic acids is 1. The summed E-state index contributed by atoms with van der Waals surface area (Å²) in [4.78, 5) is 15.1. The maximum atomic E-state index is 13.3. The number of carbonyl (C=O) groups is 1. The molecule has 5 nitrogen and oxygen atoms in total. The van der Waals surface area contributed by atoms with Crippen LogP contribution in [0.4, 0.5) is 0 Å². The number of hydrogen-bond donors (Lipinski definition) is 0. The van der Waals surface area contributed by atoms with Crippen molar-refractivity contribution in [3.8, 4) is 0 Å². The molecule has 1 unspecified atom stereocenters. The van der Waals surface area contributed by atoms with Crippen LogP contribution in [0.1, 0.15) is 73.6 Å². The number of methoxy groups -OCH3 is 1. The van der Waals surface area contributed by atoms with Gasteiger partial charge in [0.05, 0.1) is 20.3 Å². The molecule has 0 aromatic rings. The second kappa shape index (κ2) is 10.9. The van der Waals surface area contributed by atoms with E-state index in [0.29, 0.717) is 25.4 Å². The first-order valence-electron chi connectivity index (χ1n) is 10.7. The third-order valence-electron chi connectivity index (χ3n) is 5.52. The molecule has 166 valence electrons. The largest absolute Gasteiger partial charge is 0.495 e. The average Bonchev–Trinajstić information content (AvgIpc) is 2.63. The molecule has 29 heavy (non-hydrogen) atoms. The summed E-state index contributed by atoms with van der Waals surface area (Å²) in [7, 11) is 1.63. The van der Waals surface area contributed by atoms with Crippen molar-refractivity contribution in [3.05, 3.63) is 36.4 Å². The van der Waals surface area contributed by atoms with E-state index >= 15 is 0 Å². The van der Waals surface area contributed by atoms with Crippen LogP contribution in [-0.2, 0) is 19.0 Å². The summed E-state index contributed by atoms with van der Waals surface area (Å²) in [5.41, 5.74) is 1.09. The van der Waals surface area contributed by atoms with E-state index in [1.165, 1.54) is 0 Å². The number of unbranched alkanes of at least 4 members (excludes halogenated alkanes) is 1. The number of ether oxygens (including phenoxy) is 3. The molecular formula is C24H41NO4. The predicted octanol–water partition coefficient (Wildman–Crippen LogP) is 5.58. The third-order valence-corrected chi connectivity index (χ3v) is 5.52. The zero-order chi connectivity index (χ0) is 22.2. The van der Waals surface area contributed by atoms with Gasteiger partial charge in [-0.05, 0) is 52.0 Å². The van der Waals surface area contributed by atoms with Crippen molar-refractivity contribution in [2.24, 2.45) is 5.41 Å². The topological polar surface area (TPSA) is 48.0 Å². The molecule has 1 aliphatic rings. The molecule has 0 aliphatic carbocycles. The van der Waals surface area contributed by atoms with Crippen LogP contribution < -0.4 is 0 Å². The van der Waals surface area contributed by atoms with E-state index in [-0.39, 0.29) is 11.4 Å². The Labute approximate surface area is 177 Å². The van der Waals surface area contributed by atoms with Crippen LogP contribution in [0.5, 0.6) is 0 Å². The van der Waals surface area contributed by atoms with Crippen molar-refractivity contribution in [2.45, 2.75) is 85.3 Å². The highest BCUT2D eigenvalue weighted by Gasteiger charge is 2.41. The van der Waals surface area contributed by atoms with Gasteiger partial charge in [-0.15, -0.1) is 0 Å². The molecule has 1 rings (SSSR count). The highest BCUT2D eigenvalue weighted by atomic mass is 16.6. The van der Waals surface area contributed by atoms with Gasteiger partial charge in [-0.3, -0.25) is 0 Å². The fourth-order valence-corrected chi connectivity index (χ4v) is 3.14. The highest BCUT2D eigenvalue weighted by molar-refractivity contribution is 5.77. The van der Waals surface area contributed by atoms with Gasteiger partial charge < -0.3 is 19.1 Å². The summed E-state index contributed by atoms with van der Waals surface area (Å²) in [6.45, 7) is 21.6. The lowest BCUT2D eigenvalue weighted by Gasteiger charge is -2.43. The van der Waals surface area contributed by atoms with Gasteiger partial charge in [-0.25, -0.2) is 4.79 Å². The van der Waals surface area contributed by atoms with Crippen LogP contribution in [0.25, 0.3) is 0 Å². The summed E-state index contributed by atoms with van der Waals surface area (Å²) in [5, 5.41) is 0. The Bertz CT molecular complexity index is 616. The maximum absolute atomic E-state index is 13.3. The molecule has 0 bridgehead atoms. The van der Waals surface area contributed by atoms with Crippen LogP contribution in [0.15, 0.2) is 36.4 Å². The molecular weight excluding hydrogens is 366 g/mol. The van der Waals surface area contributed by atoms with Crippen molar-refractivity contribution in [1.29, 1.82) is 0 Å². The standard InChI is InChI=1S/C24H41NO4/c1-10-12-13-19(5)21(27-9)15-25(18(3)4)20(14-24(8)16-28-17-24)22(26)29-23(6,7)11-2/h15,20H,3,5,10-14,16-17H2,1-2,4,6-9H3/b21-15+. The van der Waals surface area contributed by atoms with Gasteiger partial charge in [-0.1, -0.05) is 40.3 Å². The SMILES string of the molecule is C=C(CCCC)/C(=C\N(C(=C)C)C(CC1(C)COC1)C(=O)OC(C)(C)CC)OC. The number of nitrogens with zero attached hydrogens (tertiary/aromatic N) is 1. The monoisotopic (exact) mass is 407 g/mol. The van der Waals surface area contributed by atoms with E-state index in [1.54, 1.807) is 7.11 Å². The van der Waals surface area contributed by atoms with Crippen LogP contribution in [-0.4, -0.2) is 42.8 Å². The van der Waals surface area contributed by atoms with E-state index in [9.17, 15) is 4.79 Å². The van der Waals surface area contributed by atoms with E-state index in [4.69, 9.17) is 14.2 Å². The van der Waals surface area contributed by atoms with Crippen molar-refractivity contribution in [3.63, 3.8) is 0 Å². The number of allylic oxidation sites excluding steroid dienone is 2. The Balaban J connectivity index is 3.23. The minimum atomic E-state index is -0.522. The third kappa shape index (κ3) is 7.54. The molecule has 0 spiro atoms. The Hall–Kier alpha value is -1.75. The summed E-state index contributed by atoms with van der Waals surface area (Å²) < 4.78 is 16.9. The first kappa shape index (κ1) is 25.3. The van der Waals surface area contributed by atoms with Crippen molar-refractivity contribution in [1.82, 2.24) is 4.90 Å². The summed E-state index contributed by atoms with van der Waals surface area (Å²) in [6.07, 6.45) is 6.19. The molecule has 0 radical (unpaired) electrons. The second-order valence-electron chi connectivity index (χ2n) is 9.10. The molecule has 1 heterocycles. The lowest BCUT2D eigenvalue weighted by atomic mass is 9.81. The lowest BCUT2D eigenvalue weighted by molar-refractivity contribution is -0.167. The summed E-state index contributed by atoms with van der Waals surface area (Å²) >= 11 is 0. The Morgan fingerprint density at radius 1 is 1.31 bits per heavy atom. The van der Waals surface area contributed by atoms with Crippen molar-refractivity contribution in [2.75, 3.05) is 20.3 Å². The molecule has 1 atom stereocenters. The van der Waals surface area contributed by atoms with Gasteiger partial charge in [-0.2, -0.15) is 0 Å². The maximum Gasteiger partial charge on any atom is 0.329 e. The fraction of sp³-hybridized carbons (Fsp3) is 0.708. The number of esters is 1. The van der Waals surface area contributed by atoms with Crippen LogP contribution in [0.2, 0.25) is 0 Å². The zero-order valence-corrected chi connectivity index (χ0v) is 19.6. The van der Waals surface area contributed by atoms with Crippen LogP contribution >= 0.6 is 0 Å².